The van der Waals surface area contributed by atoms with Gasteiger partial charge in [-0.05, 0) is 54.3 Å². The number of hydrogen-bond acceptors (Lipinski definition) is 5. The molecule has 0 saturated heterocycles. The van der Waals surface area contributed by atoms with Gasteiger partial charge in [0.15, 0.2) is 0 Å². The van der Waals surface area contributed by atoms with E-state index in [1.807, 2.05) is 61.5 Å². The fourth-order valence-corrected chi connectivity index (χ4v) is 3.01. The van der Waals surface area contributed by atoms with Crippen molar-refractivity contribution >= 4 is 22.4 Å². The first-order valence-electron chi connectivity index (χ1n) is 8.68. The number of rotatable bonds is 5. The zero-order chi connectivity index (χ0) is 20.1. The summed E-state index contributed by atoms with van der Waals surface area (Å²) in [6.45, 7) is 3.56. The zero-order valence-electron chi connectivity index (χ0n) is 15.6. The van der Waals surface area contributed by atoms with Crippen LogP contribution in [0.15, 0.2) is 78.1 Å². The van der Waals surface area contributed by atoms with E-state index >= 15 is 0 Å². The minimum Gasteiger partial charge on any atom is -0.328 e. The second-order valence-corrected chi connectivity index (χ2v) is 6.35. The summed E-state index contributed by atoms with van der Waals surface area (Å²) < 4.78 is 12.7. The molecule has 0 atom stereocenters. The lowest BCUT2D eigenvalue weighted by atomic mass is 9.92. The van der Waals surface area contributed by atoms with Gasteiger partial charge in [-0.1, -0.05) is 42.5 Å². The number of hydrogen-bond donors (Lipinski definition) is 2. The monoisotopic (exact) mass is 377 g/mol. The van der Waals surface area contributed by atoms with Gasteiger partial charge in [-0.2, -0.15) is 0 Å². The fraction of sp³-hybridized carbons (Fsp3) is 0.0909. The van der Waals surface area contributed by atoms with Gasteiger partial charge in [0, 0.05) is 21.8 Å². The Morgan fingerprint density at radius 1 is 1.18 bits per heavy atom. The highest BCUT2D eigenvalue weighted by molar-refractivity contribution is 6.01. The van der Waals surface area contributed by atoms with Crippen LogP contribution < -0.4 is 11.3 Å². The van der Waals surface area contributed by atoms with Crippen molar-refractivity contribution in [3.8, 4) is 0 Å². The molecule has 3 aromatic rings. The Labute approximate surface area is 162 Å². The Morgan fingerprint density at radius 2 is 1.93 bits per heavy atom. The minimum atomic E-state index is -1.13. The average molecular weight is 377 g/mol. The maximum atomic E-state index is 12.7. The molecule has 2 aromatic carbocycles. The Morgan fingerprint density at radius 3 is 2.61 bits per heavy atom. The molecule has 28 heavy (non-hydrogen) atoms. The Hall–Kier alpha value is -3.51. The maximum Gasteiger partial charge on any atom is 0.381 e. The van der Waals surface area contributed by atoms with E-state index in [1.54, 1.807) is 19.2 Å². The molecule has 6 heteroatoms. The van der Waals surface area contributed by atoms with Crippen molar-refractivity contribution in [1.82, 2.24) is 10.4 Å². The van der Waals surface area contributed by atoms with Crippen LogP contribution >= 0.6 is 0 Å². The van der Waals surface area contributed by atoms with E-state index in [1.165, 1.54) is 0 Å². The first kappa shape index (κ1) is 19.3. The molecular formula is C22H20FN3O2. The molecule has 1 aromatic heterocycles. The maximum absolute atomic E-state index is 12.7. The number of nitrogens with zero attached hydrogens (tertiary/aromatic N) is 1. The number of carbonyl (C=O) groups is 1. The highest BCUT2D eigenvalue weighted by atomic mass is 19.3. The van der Waals surface area contributed by atoms with Crippen LogP contribution in [0.1, 0.15) is 23.6 Å². The number of nitrogens with two attached hydrogens (primary N) is 1. The number of benzene rings is 2. The summed E-state index contributed by atoms with van der Waals surface area (Å²) in [7, 11) is 0. The van der Waals surface area contributed by atoms with Crippen molar-refractivity contribution in [3.05, 3.63) is 94.8 Å². The van der Waals surface area contributed by atoms with Crippen LogP contribution in [-0.4, -0.2) is 11.0 Å². The van der Waals surface area contributed by atoms with Gasteiger partial charge in [0.05, 0.1) is 11.1 Å². The molecule has 0 radical (unpaired) electrons. The lowest BCUT2D eigenvalue weighted by Gasteiger charge is -2.13. The van der Waals surface area contributed by atoms with Crippen molar-refractivity contribution in [2.75, 3.05) is 0 Å². The predicted octanol–water partition coefficient (Wildman–Crippen LogP) is 4.14. The van der Waals surface area contributed by atoms with Crippen LogP contribution in [-0.2, 0) is 9.74 Å². The van der Waals surface area contributed by atoms with Gasteiger partial charge in [0.2, 0.25) is 0 Å². The van der Waals surface area contributed by atoms with E-state index < -0.39 is 5.97 Å². The van der Waals surface area contributed by atoms with E-state index in [4.69, 9.17) is 5.84 Å². The lowest BCUT2D eigenvalue weighted by molar-refractivity contribution is -0.177. The smallest absolute Gasteiger partial charge is 0.328 e. The summed E-state index contributed by atoms with van der Waals surface area (Å²) in [6.07, 6.45) is 3.28. The Balaban J connectivity index is 2.32. The van der Waals surface area contributed by atoms with E-state index in [9.17, 15) is 9.32 Å². The molecule has 0 spiro atoms. The number of aryl methyl sites for hydroxylation is 1. The summed E-state index contributed by atoms with van der Waals surface area (Å²) in [5, 5.41) is 0.912. The molecule has 1 heterocycles. The molecule has 0 unspecified atom stereocenters. The number of nitrogens with one attached hydrogen (secondary N) is 1. The number of pyridine rings is 1. The predicted molar refractivity (Wildman–Crippen MR) is 107 cm³/mol. The molecule has 0 aliphatic heterocycles. The van der Waals surface area contributed by atoms with Crippen LogP contribution in [0.25, 0.3) is 16.5 Å². The summed E-state index contributed by atoms with van der Waals surface area (Å²) in [5.41, 5.74) is 6.99. The number of halogens is 1. The molecule has 0 amide bonds. The van der Waals surface area contributed by atoms with Crippen molar-refractivity contribution in [2.45, 2.75) is 13.8 Å². The van der Waals surface area contributed by atoms with Crippen LogP contribution in [0.3, 0.4) is 0 Å². The molecule has 142 valence electrons. The highest BCUT2D eigenvalue weighted by Gasteiger charge is 2.17. The number of carbonyl (C=O) groups excluding carboxylic acids is 1. The molecule has 0 saturated carbocycles. The first-order valence-corrected chi connectivity index (χ1v) is 8.68. The first-order chi connectivity index (χ1) is 13.5. The van der Waals surface area contributed by atoms with Crippen LogP contribution in [0.4, 0.5) is 4.53 Å². The van der Waals surface area contributed by atoms with Gasteiger partial charge in [0.1, 0.15) is 0 Å². The van der Waals surface area contributed by atoms with E-state index in [2.05, 4.69) is 15.4 Å². The molecule has 0 aliphatic rings. The van der Waals surface area contributed by atoms with Crippen LogP contribution in [0, 0.1) is 6.92 Å². The molecule has 0 aliphatic carbocycles. The second kappa shape index (κ2) is 8.45. The highest BCUT2D eigenvalue weighted by Crippen LogP contribution is 2.31. The quantitative estimate of drug-likeness (QED) is 0.302. The second-order valence-electron chi connectivity index (χ2n) is 6.35. The third-order valence-corrected chi connectivity index (χ3v) is 4.47. The third-order valence-electron chi connectivity index (χ3n) is 4.47. The number of allylic oxidation sites excluding steroid dienone is 1. The molecule has 0 bridgehead atoms. The molecule has 5 nitrogen and oxygen atoms in total. The van der Waals surface area contributed by atoms with Gasteiger partial charge in [-0.3, -0.25) is 10.8 Å². The topological polar surface area (TPSA) is 77.2 Å². The van der Waals surface area contributed by atoms with Crippen LogP contribution in [0.5, 0.6) is 0 Å². The van der Waals surface area contributed by atoms with E-state index in [0.717, 1.165) is 27.6 Å². The molecular weight excluding hydrogens is 357 g/mol. The fourth-order valence-electron chi connectivity index (χ4n) is 3.01. The molecule has 3 N–H and O–H groups in total. The van der Waals surface area contributed by atoms with Crippen LogP contribution in [0.2, 0.25) is 0 Å². The van der Waals surface area contributed by atoms with Gasteiger partial charge < -0.3 is 5.43 Å². The van der Waals surface area contributed by atoms with Crippen molar-refractivity contribution in [3.63, 3.8) is 0 Å². The SMILES string of the molecule is C/C(NN)=C(/C=C(/c1ccccc1)c1ccnc2cc(C)ccc12)C(=O)OF. The number of fused-ring (bicyclic) bond motifs is 1. The summed E-state index contributed by atoms with van der Waals surface area (Å²) in [5.74, 6) is 4.32. The Bertz CT molecular complexity index is 1080. The average Bonchev–Trinajstić information content (AvgIpc) is 2.73. The number of hydrazine groups is 1. The lowest BCUT2D eigenvalue weighted by Crippen LogP contribution is -2.22. The standard InChI is InChI=1S/C22H20FN3O2/c1-14-8-9-18-17(10-11-25-21(18)12-14)20(16-6-4-3-5-7-16)13-19(15(2)26-24)22(27)28-23/h3-13,26H,24H2,1-2H3/b19-15+,20-13-. The van der Waals surface area contributed by atoms with Gasteiger partial charge in [-0.25, -0.2) is 9.74 Å². The summed E-state index contributed by atoms with van der Waals surface area (Å²) in [4.78, 5) is 19.9. The van der Waals surface area contributed by atoms with E-state index in [-0.39, 0.29) is 11.3 Å². The Kier molecular flexibility index (Phi) is 5.81. The normalized spacial score (nSPS) is 12.5. The van der Waals surface area contributed by atoms with Gasteiger partial charge >= 0.3 is 5.97 Å². The number of aromatic nitrogens is 1. The van der Waals surface area contributed by atoms with Crippen molar-refractivity contribution < 1.29 is 14.3 Å². The van der Waals surface area contributed by atoms with Gasteiger partial charge in [0.25, 0.3) is 0 Å². The minimum absolute atomic E-state index is 0.0130. The molecule has 3 rings (SSSR count). The summed E-state index contributed by atoms with van der Waals surface area (Å²) in [6, 6.07) is 17.3. The van der Waals surface area contributed by atoms with Crippen molar-refractivity contribution in [1.29, 1.82) is 0 Å². The van der Waals surface area contributed by atoms with Gasteiger partial charge in [-0.15, -0.1) is 0 Å². The van der Waals surface area contributed by atoms with Crippen molar-refractivity contribution in [2.24, 2.45) is 5.84 Å². The molecule has 0 fully saturated rings. The third kappa shape index (κ3) is 3.92. The largest absolute Gasteiger partial charge is 0.381 e. The van der Waals surface area contributed by atoms with E-state index in [0.29, 0.717) is 5.57 Å². The zero-order valence-corrected chi connectivity index (χ0v) is 15.6. The summed E-state index contributed by atoms with van der Waals surface area (Å²) >= 11 is 0.